The standard InChI is InChI=1S/C19H29N3O3S/c23-19(21-11-4-3-5-12-21)16-20-17-9-8-10-18(15-17)26(24,25)22-13-6-1-2-7-14-22/h8-10,15,20H,1-7,11-14,16H2. The molecular weight excluding hydrogens is 350 g/mol. The van der Waals surface area contributed by atoms with Gasteiger partial charge in [-0.25, -0.2) is 8.42 Å². The Morgan fingerprint density at radius 3 is 2.23 bits per heavy atom. The highest BCUT2D eigenvalue weighted by Gasteiger charge is 2.25. The quantitative estimate of drug-likeness (QED) is 0.854. The summed E-state index contributed by atoms with van der Waals surface area (Å²) in [5, 5.41) is 3.10. The van der Waals surface area contributed by atoms with Gasteiger partial charge in [-0.1, -0.05) is 18.9 Å². The van der Waals surface area contributed by atoms with E-state index in [1.807, 2.05) is 11.0 Å². The summed E-state index contributed by atoms with van der Waals surface area (Å²) in [6.45, 7) is 3.03. The maximum Gasteiger partial charge on any atom is 0.243 e. The van der Waals surface area contributed by atoms with Crippen LogP contribution in [0.4, 0.5) is 5.69 Å². The number of hydrogen-bond donors (Lipinski definition) is 1. The molecule has 1 aromatic rings. The summed E-state index contributed by atoms with van der Waals surface area (Å²) in [6, 6.07) is 6.82. The lowest BCUT2D eigenvalue weighted by Crippen LogP contribution is -2.39. The fourth-order valence-corrected chi connectivity index (χ4v) is 5.19. The van der Waals surface area contributed by atoms with E-state index < -0.39 is 10.0 Å². The van der Waals surface area contributed by atoms with Crippen molar-refractivity contribution in [1.82, 2.24) is 9.21 Å². The predicted molar refractivity (Wildman–Crippen MR) is 103 cm³/mol. The first-order valence-electron chi connectivity index (χ1n) is 9.69. The average Bonchev–Trinajstić information content (AvgIpc) is 2.97. The molecule has 2 saturated heterocycles. The Hall–Kier alpha value is -1.60. The van der Waals surface area contributed by atoms with Crippen molar-refractivity contribution in [3.05, 3.63) is 24.3 Å². The number of hydrogen-bond acceptors (Lipinski definition) is 4. The molecule has 1 N–H and O–H groups in total. The topological polar surface area (TPSA) is 69.7 Å². The lowest BCUT2D eigenvalue weighted by molar-refractivity contribution is -0.130. The van der Waals surface area contributed by atoms with E-state index in [0.29, 0.717) is 23.7 Å². The molecular formula is C19H29N3O3S. The monoisotopic (exact) mass is 379 g/mol. The van der Waals surface area contributed by atoms with Crippen molar-refractivity contribution in [3.63, 3.8) is 0 Å². The molecule has 0 atom stereocenters. The number of amides is 1. The van der Waals surface area contributed by atoms with Gasteiger partial charge >= 0.3 is 0 Å². The third kappa shape index (κ3) is 4.76. The summed E-state index contributed by atoms with van der Waals surface area (Å²) < 4.78 is 27.4. The van der Waals surface area contributed by atoms with Crippen LogP contribution in [0.25, 0.3) is 0 Å². The molecule has 144 valence electrons. The first-order valence-corrected chi connectivity index (χ1v) is 11.1. The molecule has 2 fully saturated rings. The van der Waals surface area contributed by atoms with Gasteiger partial charge in [0.15, 0.2) is 0 Å². The Labute approximate surface area is 156 Å². The van der Waals surface area contributed by atoms with E-state index in [-0.39, 0.29) is 12.5 Å². The molecule has 6 nitrogen and oxygen atoms in total. The molecule has 0 radical (unpaired) electrons. The van der Waals surface area contributed by atoms with Gasteiger partial charge in [-0.05, 0) is 50.3 Å². The molecule has 0 bridgehead atoms. The highest BCUT2D eigenvalue weighted by atomic mass is 32.2. The molecule has 2 aliphatic rings. The second-order valence-electron chi connectivity index (χ2n) is 7.14. The minimum Gasteiger partial charge on any atom is -0.376 e. The summed E-state index contributed by atoms with van der Waals surface area (Å²) in [5.74, 6) is 0.0745. The van der Waals surface area contributed by atoms with Crippen LogP contribution >= 0.6 is 0 Å². The predicted octanol–water partition coefficient (Wildman–Crippen LogP) is 2.68. The number of sulfonamides is 1. The van der Waals surface area contributed by atoms with E-state index in [4.69, 9.17) is 0 Å². The van der Waals surface area contributed by atoms with Crippen LogP contribution in [0, 0.1) is 0 Å². The zero-order valence-electron chi connectivity index (χ0n) is 15.3. The van der Waals surface area contributed by atoms with E-state index in [1.165, 1.54) is 6.42 Å². The largest absolute Gasteiger partial charge is 0.376 e. The Morgan fingerprint density at radius 2 is 1.54 bits per heavy atom. The highest BCUT2D eigenvalue weighted by molar-refractivity contribution is 7.89. The fraction of sp³-hybridized carbons (Fsp3) is 0.632. The van der Waals surface area contributed by atoms with E-state index in [1.54, 1.807) is 22.5 Å². The van der Waals surface area contributed by atoms with Crippen molar-refractivity contribution in [2.45, 2.75) is 49.8 Å². The number of carbonyl (C=O) groups excluding carboxylic acids is 1. The summed E-state index contributed by atoms with van der Waals surface area (Å²) in [4.78, 5) is 14.5. The summed E-state index contributed by atoms with van der Waals surface area (Å²) in [5.41, 5.74) is 0.672. The van der Waals surface area contributed by atoms with Gasteiger partial charge in [-0.3, -0.25) is 4.79 Å². The van der Waals surface area contributed by atoms with Crippen LogP contribution in [-0.4, -0.2) is 56.3 Å². The molecule has 7 heteroatoms. The number of rotatable bonds is 5. The molecule has 0 saturated carbocycles. The Morgan fingerprint density at radius 1 is 0.923 bits per heavy atom. The Kier molecular flexibility index (Phi) is 6.53. The van der Waals surface area contributed by atoms with Crippen LogP contribution in [0.1, 0.15) is 44.9 Å². The van der Waals surface area contributed by atoms with Gasteiger partial charge in [0.25, 0.3) is 0 Å². The zero-order valence-corrected chi connectivity index (χ0v) is 16.1. The molecule has 1 amide bonds. The van der Waals surface area contributed by atoms with Crippen LogP contribution < -0.4 is 5.32 Å². The minimum absolute atomic E-state index is 0.0745. The summed E-state index contributed by atoms with van der Waals surface area (Å²) in [6.07, 6.45) is 7.33. The molecule has 0 aliphatic carbocycles. The third-order valence-corrected chi connectivity index (χ3v) is 7.08. The number of nitrogens with zero attached hydrogens (tertiary/aromatic N) is 2. The van der Waals surface area contributed by atoms with E-state index in [9.17, 15) is 13.2 Å². The highest BCUT2D eigenvalue weighted by Crippen LogP contribution is 2.22. The fourth-order valence-electron chi connectivity index (χ4n) is 3.63. The van der Waals surface area contributed by atoms with Gasteiger partial charge in [0.05, 0.1) is 11.4 Å². The van der Waals surface area contributed by atoms with Crippen LogP contribution in [0.15, 0.2) is 29.2 Å². The van der Waals surface area contributed by atoms with Gasteiger partial charge in [-0.15, -0.1) is 0 Å². The van der Waals surface area contributed by atoms with Crippen molar-refractivity contribution in [1.29, 1.82) is 0 Å². The van der Waals surface area contributed by atoms with Gasteiger partial charge in [-0.2, -0.15) is 4.31 Å². The molecule has 2 aliphatic heterocycles. The summed E-state index contributed by atoms with van der Waals surface area (Å²) >= 11 is 0. The van der Waals surface area contributed by atoms with Crippen LogP contribution in [0.2, 0.25) is 0 Å². The van der Waals surface area contributed by atoms with Crippen LogP contribution in [0.5, 0.6) is 0 Å². The lowest BCUT2D eigenvalue weighted by Gasteiger charge is -2.27. The maximum atomic E-state index is 12.9. The molecule has 26 heavy (non-hydrogen) atoms. The number of carbonyl (C=O) groups is 1. The lowest BCUT2D eigenvalue weighted by atomic mass is 10.1. The second kappa shape index (κ2) is 8.86. The van der Waals surface area contributed by atoms with Gasteiger partial charge in [0.2, 0.25) is 15.9 Å². The number of likely N-dealkylation sites (tertiary alicyclic amines) is 1. The van der Waals surface area contributed by atoms with Crippen molar-refractivity contribution in [2.75, 3.05) is 38.0 Å². The molecule has 3 rings (SSSR count). The van der Waals surface area contributed by atoms with Crippen molar-refractivity contribution >= 4 is 21.6 Å². The zero-order chi connectivity index (χ0) is 18.4. The number of piperidine rings is 1. The first-order chi connectivity index (χ1) is 12.6. The number of benzene rings is 1. The Balaban J connectivity index is 1.64. The maximum absolute atomic E-state index is 12.9. The van der Waals surface area contributed by atoms with Gasteiger partial charge < -0.3 is 10.2 Å². The molecule has 0 aromatic heterocycles. The van der Waals surface area contributed by atoms with Crippen LogP contribution in [-0.2, 0) is 14.8 Å². The number of anilines is 1. The van der Waals surface area contributed by atoms with E-state index in [2.05, 4.69) is 5.32 Å². The first kappa shape index (κ1) is 19.2. The average molecular weight is 380 g/mol. The van der Waals surface area contributed by atoms with Gasteiger partial charge in [0.1, 0.15) is 0 Å². The smallest absolute Gasteiger partial charge is 0.243 e. The summed E-state index contributed by atoms with van der Waals surface area (Å²) in [7, 11) is -3.47. The van der Waals surface area contributed by atoms with Crippen molar-refractivity contribution < 1.29 is 13.2 Å². The van der Waals surface area contributed by atoms with Crippen LogP contribution in [0.3, 0.4) is 0 Å². The van der Waals surface area contributed by atoms with E-state index >= 15 is 0 Å². The molecule has 0 unspecified atom stereocenters. The van der Waals surface area contributed by atoms with Gasteiger partial charge in [0, 0.05) is 31.9 Å². The normalized spacial score (nSPS) is 19.8. The van der Waals surface area contributed by atoms with Crippen molar-refractivity contribution in [3.8, 4) is 0 Å². The second-order valence-corrected chi connectivity index (χ2v) is 9.08. The SMILES string of the molecule is O=C(CNc1cccc(S(=O)(=O)N2CCCCCC2)c1)N1CCCCC1. The molecule has 2 heterocycles. The number of nitrogens with one attached hydrogen (secondary N) is 1. The minimum atomic E-state index is -3.47. The molecule has 1 aromatic carbocycles. The third-order valence-electron chi connectivity index (χ3n) is 5.19. The van der Waals surface area contributed by atoms with E-state index in [0.717, 1.165) is 51.6 Å². The Bertz CT molecular complexity index is 706. The molecule has 0 spiro atoms. The van der Waals surface area contributed by atoms with Crippen molar-refractivity contribution in [2.24, 2.45) is 0 Å².